The maximum absolute atomic E-state index is 10.9. The molecular formula is C15H19N3O3. The molecule has 1 aromatic carbocycles. The van der Waals surface area contributed by atoms with Gasteiger partial charge in [-0.05, 0) is 24.1 Å². The van der Waals surface area contributed by atoms with E-state index in [0.717, 1.165) is 17.5 Å². The summed E-state index contributed by atoms with van der Waals surface area (Å²) in [5, 5.41) is 10.9. The van der Waals surface area contributed by atoms with Gasteiger partial charge in [0.25, 0.3) is 5.69 Å². The normalized spacial score (nSPS) is 12.1. The average Bonchev–Trinajstić information content (AvgIpc) is 2.94. The molecule has 0 amide bonds. The van der Waals surface area contributed by atoms with E-state index in [0.29, 0.717) is 12.3 Å². The summed E-state index contributed by atoms with van der Waals surface area (Å²) in [6.07, 6.45) is 4.75. The number of hydrogen-bond donors (Lipinski definition) is 1. The van der Waals surface area contributed by atoms with Crippen LogP contribution in [0, 0.1) is 10.1 Å². The van der Waals surface area contributed by atoms with Crippen molar-refractivity contribution in [3.05, 3.63) is 57.9 Å². The van der Waals surface area contributed by atoms with Crippen LogP contribution in [0.15, 0.2) is 36.7 Å². The van der Waals surface area contributed by atoms with E-state index >= 15 is 0 Å². The summed E-state index contributed by atoms with van der Waals surface area (Å²) in [5.41, 5.74) is 7.87. The number of non-ortho nitro benzene ring substituents is 1. The second kappa shape index (κ2) is 6.41. The molecule has 0 saturated heterocycles. The van der Waals surface area contributed by atoms with Crippen LogP contribution >= 0.6 is 0 Å². The predicted octanol–water partition coefficient (Wildman–Crippen LogP) is 2.86. The molecule has 6 nitrogen and oxygen atoms in total. The van der Waals surface area contributed by atoms with E-state index in [1.165, 1.54) is 12.1 Å². The van der Waals surface area contributed by atoms with Crippen LogP contribution in [0.3, 0.4) is 0 Å². The zero-order chi connectivity index (χ0) is 15.4. The molecule has 0 aliphatic carbocycles. The van der Waals surface area contributed by atoms with Crippen molar-refractivity contribution >= 4 is 5.69 Å². The van der Waals surface area contributed by atoms with Crippen LogP contribution in [0.5, 0.6) is 5.75 Å². The number of ether oxygens (including phenoxy) is 1. The monoisotopic (exact) mass is 289 g/mol. The maximum atomic E-state index is 10.9. The lowest BCUT2D eigenvalue weighted by molar-refractivity contribution is -0.384. The second-order valence-electron chi connectivity index (χ2n) is 4.89. The summed E-state index contributed by atoms with van der Waals surface area (Å²) in [6.45, 7) is 2.53. The molecule has 6 heteroatoms. The molecule has 0 radical (unpaired) electrons. The van der Waals surface area contributed by atoms with Crippen molar-refractivity contribution in [2.24, 2.45) is 5.73 Å². The Hall–Kier alpha value is -2.34. The Morgan fingerprint density at radius 3 is 2.81 bits per heavy atom. The Bertz CT molecular complexity index is 637. The Labute approximate surface area is 123 Å². The van der Waals surface area contributed by atoms with Gasteiger partial charge in [-0.25, -0.2) is 0 Å². The van der Waals surface area contributed by atoms with E-state index in [1.54, 1.807) is 13.2 Å². The van der Waals surface area contributed by atoms with Crippen molar-refractivity contribution in [1.82, 2.24) is 4.57 Å². The van der Waals surface area contributed by atoms with Gasteiger partial charge in [-0.1, -0.05) is 6.92 Å². The lowest BCUT2D eigenvalue weighted by Crippen LogP contribution is -2.07. The van der Waals surface area contributed by atoms with Crippen molar-refractivity contribution in [2.45, 2.75) is 25.9 Å². The number of nitrogens with zero attached hydrogens (tertiary/aromatic N) is 2. The van der Waals surface area contributed by atoms with Crippen LogP contribution in [-0.4, -0.2) is 16.6 Å². The Kier molecular flexibility index (Phi) is 4.59. The highest BCUT2D eigenvalue weighted by Gasteiger charge is 2.12. The van der Waals surface area contributed by atoms with E-state index in [2.05, 4.69) is 0 Å². The highest BCUT2D eigenvalue weighted by atomic mass is 16.6. The van der Waals surface area contributed by atoms with Crippen LogP contribution in [0.25, 0.3) is 0 Å². The molecule has 0 fully saturated rings. The van der Waals surface area contributed by atoms with Gasteiger partial charge in [-0.2, -0.15) is 0 Å². The number of hydrogen-bond acceptors (Lipinski definition) is 4. The molecular weight excluding hydrogens is 270 g/mol. The quantitative estimate of drug-likeness (QED) is 0.654. The Balaban J connectivity index is 2.27. The fourth-order valence-electron chi connectivity index (χ4n) is 2.21. The molecule has 2 aromatic rings. The number of nitrogens with two attached hydrogens (primary N) is 1. The minimum absolute atomic E-state index is 0.0123. The lowest BCUT2D eigenvalue weighted by atomic mass is 10.1. The van der Waals surface area contributed by atoms with Gasteiger partial charge >= 0.3 is 0 Å². The highest BCUT2D eigenvalue weighted by molar-refractivity contribution is 5.44. The molecule has 0 aliphatic rings. The third-order valence-electron chi connectivity index (χ3n) is 3.47. The minimum atomic E-state index is -0.406. The molecule has 0 saturated carbocycles. The topological polar surface area (TPSA) is 83.3 Å². The number of benzene rings is 1. The number of nitro benzene ring substituents is 1. The molecule has 1 aromatic heterocycles. The van der Waals surface area contributed by atoms with Gasteiger partial charge in [0.15, 0.2) is 0 Å². The molecule has 21 heavy (non-hydrogen) atoms. The van der Waals surface area contributed by atoms with Crippen LogP contribution in [-0.2, 0) is 6.54 Å². The van der Waals surface area contributed by atoms with Gasteiger partial charge in [0, 0.05) is 36.1 Å². The van der Waals surface area contributed by atoms with E-state index in [9.17, 15) is 10.1 Å². The summed E-state index contributed by atoms with van der Waals surface area (Å²) in [4.78, 5) is 10.5. The zero-order valence-corrected chi connectivity index (χ0v) is 12.2. The highest BCUT2D eigenvalue weighted by Crippen LogP contribution is 2.25. The fraction of sp³-hybridized carbons (Fsp3) is 0.333. The van der Waals surface area contributed by atoms with Crippen LogP contribution in [0.2, 0.25) is 0 Å². The molecule has 0 spiro atoms. The summed E-state index contributed by atoms with van der Waals surface area (Å²) >= 11 is 0. The molecule has 1 unspecified atom stereocenters. The van der Waals surface area contributed by atoms with Crippen molar-refractivity contribution in [2.75, 3.05) is 7.11 Å². The van der Waals surface area contributed by atoms with Gasteiger partial charge in [-0.3, -0.25) is 10.1 Å². The lowest BCUT2D eigenvalue weighted by Gasteiger charge is -2.10. The number of aromatic nitrogens is 1. The largest absolute Gasteiger partial charge is 0.496 e. The van der Waals surface area contributed by atoms with Gasteiger partial charge in [0.05, 0.1) is 18.6 Å². The minimum Gasteiger partial charge on any atom is -0.496 e. The summed E-state index contributed by atoms with van der Waals surface area (Å²) in [7, 11) is 1.55. The Morgan fingerprint density at radius 2 is 2.19 bits per heavy atom. The number of rotatable bonds is 6. The van der Waals surface area contributed by atoms with Crippen LogP contribution in [0.4, 0.5) is 5.69 Å². The number of methoxy groups -OCH3 is 1. The maximum Gasteiger partial charge on any atom is 0.270 e. The smallest absolute Gasteiger partial charge is 0.270 e. The number of nitro groups is 1. The van der Waals surface area contributed by atoms with E-state index in [4.69, 9.17) is 10.5 Å². The van der Waals surface area contributed by atoms with Gasteiger partial charge < -0.3 is 15.0 Å². The predicted molar refractivity (Wildman–Crippen MR) is 80.4 cm³/mol. The average molecular weight is 289 g/mol. The third kappa shape index (κ3) is 3.41. The van der Waals surface area contributed by atoms with Crippen LogP contribution in [0.1, 0.15) is 30.5 Å². The first-order valence-electron chi connectivity index (χ1n) is 6.77. The van der Waals surface area contributed by atoms with E-state index in [1.807, 2.05) is 30.0 Å². The fourth-order valence-corrected chi connectivity index (χ4v) is 2.21. The third-order valence-corrected chi connectivity index (χ3v) is 3.47. The van der Waals surface area contributed by atoms with Gasteiger partial charge in [0.2, 0.25) is 0 Å². The molecule has 0 bridgehead atoms. The summed E-state index contributed by atoms with van der Waals surface area (Å²) < 4.78 is 7.22. The first-order chi connectivity index (χ1) is 10.0. The summed E-state index contributed by atoms with van der Waals surface area (Å²) in [5.74, 6) is 0.635. The standard InChI is InChI=1S/C15H19N3O3/c1-3-14(16)11-6-7-17(9-11)10-12-8-13(18(19)20)4-5-15(12)21-2/h4-9,14H,3,10,16H2,1-2H3. The molecule has 2 rings (SSSR count). The van der Waals surface area contributed by atoms with Crippen molar-refractivity contribution in [3.8, 4) is 5.75 Å². The first-order valence-corrected chi connectivity index (χ1v) is 6.77. The second-order valence-corrected chi connectivity index (χ2v) is 4.89. The van der Waals surface area contributed by atoms with E-state index in [-0.39, 0.29) is 11.7 Å². The van der Waals surface area contributed by atoms with Crippen LogP contribution < -0.4 is 10.5 Å². The molecule has 0 aliphatic heterocycles. The van der Waals surface area contributed by atoms with E-state index < -0.39 is 4.92 Å². The Morgan fingerprint density at radius 1 is 1.43 bits per heavy atom. The SMILES string of the molecule is CCC(N)c1ccn(Cc2cc([N+](=O)[O-])ccc2OC)c1. The van der Waals surface area contributed by atoms with Gasteiger partial charge in [-0.15, -0.1) is 0 Å². The van der Waals surface area contributed by atoms with Gasteiger partial charge in [0.1, 0.15) is 5.75 Å². The molecule has 1 heterocycles. The van der Waals surface area contributed by atoms with Crippen molar-refractivity contribution < 1.29 is 9.66 Å². The first kappa shape index (κ1) is 15.1. The van der Waals surface area contributed by atoms with Crippen molar-refractivity contribution in [1.29, 1.82) is 0 Å². The van der Waals surface area contributed by atoms with Crippen molar-refractivity contribution in [3.63, 3.8) is 0 Å². The molecule has 1 atom stereocenters. The zero-order valence-electron chi connectivity index (χ0n) is 12.2. The molecule has 112 valence electrons. The molecule has 2 N–H and O–H groups in total. The summed E-state index contributed by atoms with van der Waals surface area (Å²) in [6, 6.07) is 6.58.